The summed E-state index contributed by atoms with van der Waals surface area (Å²) in [4.78, 5) is 17.5. The molecule has 4 aromatic rings. The summed E-state index contributed by atoms with van der Waals surface area (Å²) in [6, 6.07) is 20.4. The molecule has 0 bridgehead atoms. The lowest BCUT2D eigenvalue weighted by molar-refractivity contribution is 0.0947. The SMILES string of the molecule is Cc1ccc(-c2nc(NCc3ccccc3Cl)n(C(=O)c3ccc(F)cc3)n2)cc1. The fraction of sp³-hybridized carbons (Fsp3) is 0.0870. The van der Waals surface area contributed by atoms with Gasteiger partial charge in [0.25, 0.3) is 5.91 Å². The number of carbonyl (C=O) groups is 1. The van der Waals surface area contributed by atoms with Crippen LogP contribution in [0.15, 0.2) is 72.8 Å². The molecule has 0 spiro atoms. The first kappa shape index (κ1) is 19.8. The lowest BCUT2D eigenvalue weighted by Gasteiger charge is -2.08. The van der Waals surface area contributed by atoms with Gasteiger partial charge in [-0.2, -0.15) is 9.67 Å². The zero-order valence-electron chi connectivity index (χ0n) is 16.1. The monoisotopic (exact) mass is 420 g/mol. The largest absolute Gasteiger partial charge is 0.350 e. The predicted octanol–water partition coefficient (Wildman–Crippen LogP) is 5.35. The van der Waals surface area contributed by atoms with Crippen LogP contribution in [0.4, 0.5) is 10.3 Å². The second kappa shape index (κ2) is 8.47. The van der Waals surface area contributed by atoms with Crippen LogP contribution in [0.2, 0.25) is 5.02 Å². The number of hydrogen-bond donors (Lipinski definition) is 1. The van der Waals surface area contributed by atoms with Gasteiger partial charge in [0.2, 0.25) is 5.95 Å². The zero-order chi connectivity index (χ0) is 21.1. The fourth-order valence-corrected chi connectivity index (χ4v) is 3.13. The van der Waals surface area contributed by atoms with Crippen molar-refractivity contribution in [3.8, 4) is 11.4 Å². The molecule has 0 aliphatic heterocycles. The molecule has 0 saturated heterocycles. The summed E-state index contributed by atoms with van der Waals surface area (Å²) in [5.74, 6) is -0.142. The van der Waals surface area contributed by atoms with Gasteiger partial charge in [-0.3, -0.25) is 4.79 Å². The number of nitrogens with zero attached hydrogens (tertiary/aromatic N) is 3. The first-order chi connectivity index (χ1) is 14.5. The van der Waals surface area contributed by atoms with Gasteiger partial charge in [0.15, 0.2) is 5.82 Å². The summed E-state index contributed by atoms with van der Waals surface area (Å²) in [6.07, 6.45) is 0. The lowest BCUT2D eigenvalue weighted by atomic mass is 10.1. The van der Waals surface area contributed by atoms with Gasteiger partial charge in [0, 0.05) is 22.7 Å². The fourth-order valence-electron chi connectivity index (χ4n) is 2.92. The van der Waals surface area contributed by atoms with Gasteiger partial charge in [0.05, 0.1) is 0 Å². The van der Waals surface area contributed by atoms with E-state index in [0.717, 1.165) is 16.7 Å². The van der Waals surface area contributed by atoms with Crippen molar-refractivity contribution in [1.82, 2.24) is 14.8 Å². The van der Waals surface area contributed by atoms with Crippen LogP contribution < -0.4 is 5.32 Å². The van der Waals surface area contributed by atoms with Crippen LogP contribution in [-0.4, -0.2) is 20.7 Å². The van der Waals surface area contributed by atoms with Crippen molar-refractivity contribution in [1.29, 1.82) is 0 Å². The van der Waals surface area contributed by atoms with Crippen LogP contribution in [0.3, 0.4) is 0 Å². The van der Waals surface area contributed by atoms with Gasteiger partial charge in [-0.05, 0) is 42.8 Å². The Morgan fingerprint density at radius 1 is 1.03 bits per heavy atom. The number of anilines is 1. The van der Waals surface area contributed by atoms with E-state index in [1.807, 2.05) is 49.4 Å². The Labute approximate surface area is 178 Å². The third kappa shape index (κ3) is 4.23. The molecule has 1 heterocycles. The van der Waals surface area contributed by atoms with Gasteiger partial charge in [-0.25, -0.2) is 4.39 Å². The molecule has 0 fully saturated rings. The quantitative estimate of drug-likeness (QED) is 0.473. The summed E-state index contributed by atoms with van der Waals surface area (Å²) in [5, 5.41) is 8.17. The van der Waals surface area contributed by atoms with E-state index in [9.17, 15) is 9.18 Å². The van der Waals surface area contributed by atoms with E-state index in [2.05, 4.69) is 15.4 Å². The smallest absolute Gasteiger partial charge is 0.281 e. The molecule has 0 aliphatic rings. The molecule has 0 radical (unpaired) electrons. The van der Waals surface area contributed by atoms with Gasteiger partial charge < -0.3 is 5.32 Å². The van der Waals surface area contributed by atoms with Crippen molar-refractivity contribution >= 4 is 23.5 Å². The van der Waals surface area contributed by atoms with E-state index in [1.165, 1.54) is 28.9 Å². The minimum Gasteiger partial charge on any atom is -0.350 e. The molecule has 1 aromatic heterocycles. The van der Waals surface area contributed by atoms with E-state index in [4.69, 9.17) is 11.6 Å². The molecule has 0 aliphatic carbocycles. The molecule has 4 rings (SSSR count). The second-order valence-electron chi connectivity index (χ2n) is 6.79. The maximum absolute atomic E-state index is 13.3. The highest BCUT2D eigenvalue weighted by Gasteiger charge is 2.19. The predicted molar refractivity (Wildman–Crippen MR) is 115 cm³/mol. The lowest BCUT2D eigenvalue weighted by Crippen LogP contribution is -2.17. The van der Waals surface area contributed by atoms with E-state index in [1.54, 1.807) is 6.07 Å². The molecule has 0 amide bonds. The third-order valence-corrected chi connectivity index (χ3v) is 4.96. The van der Waals surface area contributed by atoms with Crippen molar-refractivity contribution in [2.45, 2.75) is 13.5 Å². The minimum absolute atomic E-state index is 0.278. The van der Waals surface area contributed by atoms with Crippen LogP contribution in [0, 0.1) is 12.7 Å². The summed E-state index contributed by atoms with van der Waals surface area (Å²) < 4.78 is 14.5. The van der Waals surface area contributed by atoms with Crippen LogP contribution >= 0.6 is 11.6 Å². The highest BCUT2D eigenvalue weighted by Crippen LogP contribution is 2.21. The van der Waals surface area contributed by atoms with Crippen molar-refractivity contribution in [3.63, 3.8) is 0 Å². The Bertz CT molecular complexity index is 1190. The maximum Gasteiger partial charge on any atom is 0.281 e. The Balaban J connectivity index is 1.70. The van der Waals surface area contributed by atoms with Crippen molar-refractivity contribution in [3.05, 3.63) is 100 Å². The summed E-state index contributed by atoms with van der Waals surface area (Å²) >= 11 is 6.23. The normalized spacial score (nSPS) is 10.8. The number of aromatic nitrogens is 3. The molecule has 1 N–H and O–H groups in total. The van der Waals surface area contributed by atoms with Crippen molar-refractivity contribution in [2.24, 2.45) is 0 Å². The second-order valence-corrected chi connectivity index (χ2v) is 7.20. The standard InChI is InChI=1S/C23H18ClFN4O/c1-15-6-8-16(9-7-15)21-27-23(26-14-18-4-2-3-5-20(18)24)29(28-21)22(30)17-10-12-19(25)13-11-17/h2-13H,14H2,1H3,(H,26,27,28). The average Bonchev–Trinajstić information content (AvgIpc) is 3.18. The maximum atomic E-state index is 13.3. The zero-order valence-corrected chi connectivity index (χ0v) is 16.9. The highest BCUT2D eigenvalue weighted by atomic mass is 35.5. The molecule has 0 saturated carbocycles. The van der Waals surface area contributed by atoms with E-state index >= 15 is 0 Å². The molecule has 3 aromatic carbocycles. The number of benzene rings is 3. The molecule has 0 atom stereocenters. The Hall–Kier alpha value is -3.51. The number of hydrogen-bond acceptors (Lipinski definition) is 4. The Kier molecular flexibility index (Phi) is 5.59. The molecular formula is C23H18ClFN4O. The molecule has 0 unspecified atom stereocenters. The third-order valence-electron chi connectivity index (χ3n) is 4.60. The van der Waals surface area contributed by atoms with E-state index < -0.39 is 11.7 Å². The topological polar surface area (TPSA) is 59.8 Å². The van der Waals surface area contributed by atoms with Gasteiger partial charge >= 0.3 is 0 Å². The van der Waals surface area contributed by atoms with E-state index in [-0.39, 0.29) is 5.95 Å². The average molecular weight is 421 g/mol. The van der Waals surface area contributed by atoms with Crippen molar-refractivity contribution < 1.29 is 9.18 Å². The van der Waals surface area contributed by atoms with Crippen LogP contribution in [0.1, 0.15) is 21.5 Å². The molecule has 5 nitrogen and oxygen atoms in total. The van der Waals surface area contributed by atoms with Crippen LogP contribution in [-0.2, 0) is 6.54 Å². The van der Waals surface area contributed by atoms with Gasteiger partial charge in [-0.1, -0.05) is 59.6 Å². The Morgan fingerprint density at radius 3 is 2.43 bits per heavy atom. The van der Waals surface area contributed by atoms with Crippen LogP contribution in [0.25, 0.3) is 11.4 Å². The Morgan fingerprint density at radius 2 is 1.73 bits per heavy atom. The summed E-state index contributed by atoms with van der Waals surface area (Å²) in [6.45, 7) is 2.35. The molecule has 150 valence electrons. The number of aryl methyl sites for hydroxylation is 1. The molecular weight excluding hydrogens is 403 g/mol. The minimum atomic E-state index is -0.414. The highest BCUT2D eigenvalue weighted by molar-refractivity contribution is 6.31. The van der Waals surface area contributed by atoms with Crippen LogP contribution in [0.5, 0.6) is 0 Å². The molecule has 30 heavy (non-hydrogen) atoms. The van der Waals surface area contributed by atoms with E-state index in [0.29, 0.717) is 23.0 Å². The molecule has 7 heteroatoms. The number of nitrogens with one attached hydrogen (secondary N) is 1. The number of halogens is 2. The van der Waals surface area contributed by atoms with Crippen molar-refractivity contribution in [2.75, 3.05) is 5.32 Å². The van der Waals surface area contributed by atoms with Gasteiger partial charge in [0.1, 0.15) is 5.82 Å². The van der Waals surface area contributed by atoms with Gasteiger partial charge in [-0.15, -0.1) is 5.10 Å². The number of rotatable bonds is 5. The first-order valence-corrected chi connectivity index (χ1v) is 9.71. The number of carbonyl (C=O) groups excluding carboxylic acids is 1. The summed E-state index contributed by atoms with van der Waals surface area (Å²) in [7, 11) is 0. The first-order valence-electron chi connectivity index (χ1n) is 9.33. The summed E-state index contributed by atoms with van der Waals surface area (Å²) in [5.41, 5.74) is 3.06.